The molecular weight excluding hydrogens is 286 g/mol. The molecule has 3 rings (SSSR count). The Morgan fingerprint density at radius 2 is 1.96 bits per heavy atom. The van der Waals surface area contributed by atoms with Gasteiger partial charge in [0, 0.05) is 12.2 Å². The summed E-state index contributed by atoms with van der Waals surface area (Å²) in [6.07, 6.45) is 8.30. The van der Waals surface area contributed by atoms with Crippen LogP contribution in [0.2, 0.25) is 0 Å². The van der Waals surface area contributed by atoms with Crippen LogP contribution in [0.1, 0.15) is 43.4 Å². The number of nitrogens with two attached hydrogens (primary N) is 1. The summed E-state index contributed by atoms with van der Waals surface area (Å²) in [5.41, 5.74) is 8.17. The third-order valence-electron chi connectivity index (χ3n) is 4.25. The zero-order valence-corrected chi connectivity index (χ0v) is 13.5. The first-order chi connectivity index (χ1) is 11.3. The lowest BCUT2D eigenvalue weighted by Gasteiger charge is -2.23. The minimum atomic E-state index is 0.489. The Morgan fingerprint density at radius 1 is 1.17 bits per heavy atom. The highest BCUT2D eigenvalue weighted by atomic mass is 15.3. The van der Waals surface area contributed by atoms with Gasteiger partial charge in [0.15, 0.2) is 5.96 Å². The number of guanidine groups is 1. The molecule has 1 aliphatic rings. The Kier molecular flexibility index (Phi) is 5.29. The van der Waals surface area contributed by atoms with Gasteiger partial charge in [0.05, 0.1) is 18.8 Å². The van der Waals surface area contributed by atoms with Gasteiger partial charge >= 0.3 is 0 Å². The molecule has 0 atom stereocenters. The summed E-state index contributed by atoms with van der Waals surface area (Å²) in [4.78, 5) is 4.42. The van der Waals surface area contributed by atoms with Gasteiger partial charge in [-0.2, -0.15) is 5.10 Å². The van der Waals surface area contributed by atoms with Crippen molar-refractivity contribution >= 4 is 5.96 Å². The van der Waals surface area contributed by atoms with E-state index in [0.717, 1.165) is 12.2 Å². The molecule has 5 nitrogen and oxygen atoms in total. The number of nitrogens with one attached hydrogen (secondary N) is 1. The summed E-state index contributed by atoms with van der Waals surface area (Å²) in [6.45, 7) is 1.30. The molecule has 1 fully saturated rings. The summed E-state index contributed by atoms with van der Waals surface area (Å²) < 4.78 is 1.94. The van der Waals surface area contributed by atoms with Crippen LogP contribution in [0.3, 0.4) is 0 Å². The summed E-state index contributed by atoms with van der Waals surface area (Å²) in [5, 5.41) is 7.88. The first-order valence-corrected chi connectivity index (χ1v) is 8.42. The third-order valence-corrected chi connectivity index (χ3v) is 4.25. The Labute approximate surface area is 137 Å². The van der Waals surface area contributed by atoms with E-state index in [1.807, 2.05) is 35.1 Å². The van der Waals surface area contributed by atoms with E-state index >= 15 is 0 Å². The van der Waals surface area contributed by atoms with Crippen LogP contribution in [-0.4, -0.2) is 21.8 Å². The molecule has 0 bridgehead atoms. The van der Waals surface area contributed by atoms with Crippen LogP contribution >= 0.6 is 0 Å². The highest BCUT2D eigenvalue weighted by Crippen LogP contribution is 2.17. The standard InChI is InChI=1S/C18H25N5/c19-18(21-16-9-5-2-6-10-16)20-13-17-11-12-23(22-17)14-15-7-3-1-4-8-15/h1,3-4,7-8,11-12,16H,2,5-6,9-10,13-14H2,(H3,19,20,21). The fraction of sp³-hybridized carbons (Fsp3) is 0.444. The average molecular weight is 311 g/mol. The van der Waals surface area contributed by atoms with Gasteiger partial charge in [-0.1, -0.05) is 49.6 Å². The molecule has 0 radical (unpaired) electrons. The number of nitrogens with zero attached hydrogens (tertiary/aromatic N) is 3. The van der Waals surface area contributed by atoms with Gasteiger partial charge in [0.1, 0.15) is 0 Å². The SMILES string of the molecule is NC(=NCc1ccn(Cc2ccccc2)n1)NC1CCCCC1. The smallest absolute Gasteiger partial charge is 0.189 e. The normalized spacial score (nSPS) is 16.4. The fourth-order valence-electron chi connectivity index (χ4n) is 3.01. The second-order valence-electron chi connectivity index (χ2n) is 6.17. The summed E-state index contributed by atoms with van der Waals surface area (Å²) in [5.74, 6) is 0.537. The molecule has 5 heteroatoms. The average Bonchev–Trinajstić information content (AvgIpc) is 3.02. The van der Waals surface area contributed by atoms with Crippen molar-refractivity contribution in [2.24, 2.45) is 10.7 Å². The molecule has 1 aromatic carbocycles. The van der Waals surface area contributed by atoms with Crippen molar-refractivity contribution in [1.29, 1.82) is 0 Å². The Balaban J connectivity index is 1.51. The largest absolute Gasteiger partial charge is 0.370 e. The van der Waals surface area contributed by atoms with Crippen LogP contribution in [0.15, 0.2) is 47.6 Å². The topological polar surface area (TPSA) is 68.2 Å². The van der Waals surface area contributed by atoms with Crippen molar-refractivity contribution in [3.63, 3.8) is 0 Å². The van der Waals surface area contributed by atoms with Crippen LogP contribution in [0.5, 0.6) is 0 Å². The molecule has 1 aromatic heterocycles. The molecule has 2 aromatic rings. The van der Waals surface area contributed by atoms with Crippen molar-refractivity contribution in [1.82, 2.24) is 15.1 Å². The second kappa shape index (κ2) is 7.81. The molecule has 0 unspecified atom stereocenters. The first kappa shape index (κ1) is 15.6. The Morgan fingerprint density at radius 3 is 2.74 bits per heavy atom. The van der Waals surface area contributed by atoms with E-state index in [4.69, 9.17) is 5.73 Å². The maximum absolute atomic E-state index is 5.99. The maximum Gasteiger partial charge on any atom is 0.189 e. The van der Waals surface area contributed by atoms with Gasteiger partial charge in [-0.3, -0.25) is 4.68 Å². The summed E-state index contributed by atoms with van der Waals surface area (Å²) >= 11 is 0. The number of hydrogen-bond acceptors (Lipinski definition) is 2. The fourth-order valence-corrected chi connectivity index (χ4v) is 3.01. The van der Waals surface area contributed by atoms with E-state index in [-0.39, 0.29) is 0 Å². The van der Waals surface area contributed by atoms with Crippen LogP contribution in [0, 0.1) is 0 Å². The molecular formula is C18H25N5. The highest BCUT2D eigenvalue weighted by Gasteiger charge is 2.13. The summed E-state index contributed by atoms with van der Waals surface area (Å²) in [7, 11) is 0. The lowest BCUT2D eigenvalue weighted by atomic mass is 9.96. The molecule has 122 valence electrons. The lowest BCUT2D eigenvalue weighted by Crippen LogP contribution is -2.41. The lowest BCUT2D eigenvalue weighted by molar-refractivity contribution is 0.412. The van der Waals surface area contributed by atoms with Gasteiger partial charge in [-0.25, -0.2) is 4.99 Å². The minimum Gasteiger partial charge on any atom is -0.370 e. The van der Waals surface area contributed by atoms with Gasteiger partial charge in [0.25, 0.3) is 0 Å². The molecule has 0 aliphatic heterocycles. The van der Waals surface area contributed by atoms with Gasteiger partial charge in [-0.05, 0) is 24.5 Å². The van der Waals surface area contributed by atoms with Crippen LogP contribution < -0.4 is 11.1 Å². The molecule has 1 saturated carbocycles. The predicted molar refractivity (Wildman–Crippen MR) is 93.1 cm³/mol. The quantitative estimate of drug-likeness (QED) is 0.659. The zero-order valence-electron chi connectivity index (χ0n) is 13.5. The molecule has 0 spiro atoms. The van der Waals surface area contributed by atoms with Crippen molar-refractivity contribution in [3.05, 3.63) is 53.9 Å². The number of rotatable bonds is 5. The van der Waals surface area contributed by atoms with E-state index in [1.54, 1.807) is 0 Å². The number of aliphatic imine (C=N–C) groups is 1. The van der Waals surface area contributed by atoms with E-state index < -0.39 is 0 Å². The monoisotopic (exact) mass is 311 g/mol. The predicted octanol–water partition coefficient (Wildman–Crippen LogP) is 2.67. The molecule has 1 heterocycles. The van der Waals surface area contributed by atoms with Crippen molar-refractivity contribution in [2.75, 3.05) is 0 Å². The van der Waals surface area contributed by atoms with Gasteiger partial charge in [-0.15, -0.1) is 0 Å². The van der Waals surface area contributed by atoms with E-state index in [9.17, 15) is 0 Å². The first-order valence-electron chi connectivity index (χ1n) is 8.42. The number of hydrogen-bond donors (Lipinski definition) is 2. The number of aromatic nitrogens is 2. The van der Waals surface area contributed by atoms with Crippen molar-refractivity contribution < 1.29 is 0 Å². The molecule has 0 saturated heterocycles. The molecule has 1 aliphatic carbocycles. The van der Waals surface area contributed by atoms with E-state index in [1.165, 1.54) is 37.7 Å². The molecule has 0 amide bonds. The highest BCUT2D eigenvalue weighted by molar-refractivity contribution is 5.78. The van der Waals surface area contributed by atoms with Crippen molar-refractivity contribution in [3.8, 4) is 0 Å². The van der Waals surface area contributed by atoms with E-state index in [0.29, 0.717) is 18.5 Å². The van der Waals surface area contributed by atoms with Crippen molar-refractivity contribution in [2.45, 2.75) is 51.2 Å². The van der Waals surface area contributed by atoms with Gasteiger partial charge < -0.3 is 11.1 Å². The third kappa shape index (κ3) is 4.84. The van der Waals surface area contributed by atoms with Crippen LogP contribution in [-0.2, 0) is 13.1 Å². The molecule has 3 N–H and O–H groups in total. The maximum atomic E-state index is 5.99. The van der Waals surface area contributed by atoms with Gasteiger partial charge in [0.2, 0.25) is 0 Å². The Hall–Kier alpha value is -2.30. The second-order valence-corrected chi connectivity index (χ2v) is 6.17. The minimum absolute atomic E-state index is 0.489. The van der Waals surface area contributed by atoms with Crippen LogP contribution in [0.4, 0.5) is 0 Å². The molecule has 23 heavy (non-hydrogen) atoms. The van der Waals surface area contributed by atoms with E-state index in [2.05, 4.69) is 27.5 Å². The zero-order chi connectivity index (χ0) is 15.9. The Bertz CT molecular complexity index is 626. The number of benzene rings is 1. The summed E-state index contributed by atoms with van der Waals surface area (Å²) in [6, 6.07) is 12.8. The van der Waals surface area contributed by atoms with Crippen LogP contribution in [0.25, 0.3) is 0 Å².